The lowest BCUT2D eigenvalue weighted by molar-refractivity contribution is -0.384. The number of rotatable bonds is 8. The van der Waals surface area contributed by atoms with Crippen LogP contribution in [0.15, 0.2) is 41.5 Å². The minimum atomic E-state index is -0.889. The van der Waals surface area contributed by atoms with Crippen molar-refractivity contribution in [2.24, 2.45) is 11.0 Å². The van der Waals surface area contributed by atoms with Crippen LogP contribution in [0.4, 0.5) is 11.4 Å². The summed E-state index contributed by atoms with van der Waals surface area (Å²) in [6.45, 7) is 5.26. The lowest BCUT2D eigenvalue weighted by Crippen LogP contribution is -2.48. The summed E-state index contributed by atoms with van der Waals surface area (Å²) in [6, 6.07) is 8.15. The van der Waals surface area contributed by atoms with Gasteiger partial charge in [0.05, 0.1) is 21.7 Å². The number of amides is 2. The standard InChI is InChI=1S/C23H25Cl2N5O4/c1-14(2)21(27-22(31)18-7-5-16(24)12-19(18)25)23(32)28-26-13-15-11-17(30(33)34)6-8-20(15)29-9-3-4-10-29/h5-8,11-14,21H,3-4,9-10H2,1-2H3,(H,27,31)(H,28,32). The van der Waals surface area contributed by atoms with Crippen molar-refractivity contribution in [3.8, 4) is 0 Å². The highest BCUT2D eigenvalue weighted by Gasteiger charge is 2.25. The molecule has 0 saturated carbocycles. The molecule has 0 radical (unpaired) electrons. The third-order valence-corrected chi connectivity index (χ3v) is 6.01. The number of benzene rings is 2. The Bertz CT molecular complexity index is 1120. The highest BCUT2D eigenvalue weighted by Crippen LogP contribution is 2.27. The van der Waals surface area contributed by atoms with E-state index < -0.39 is 22.8 Å². The highest BCUT2D eigenvalue weighted by atomic mass is 35.5. The fraction of sp³-hybridized carbons (Fsp3) is 0.348. The lowest BCUT2D eigenvalue weighted by Gasteiger charge is -2.21. The average molecular weight is 506 g/mol. The van der Waals surface area contributed by atoms with Crippen LogP contribution in [0.5, 0.6) is 0 Å². The molecule has 1 saturated heterocycles. The molecule has 11 heteroatoms. The zero-order chi connectivity index (χ0) is 24.8. The number of hydrogen-bond acceptors (Lipinski definition) is 6. The van der Waals surface area contributed by atoms with Crippen LogP contribution in [-0.4, -0.2) is 42.1 Å². The van der Waals surface area contributed by atoms with E-state index in [1.54, 1.807) is 19.9 Å². The molecule has 1 atom stereocenters. The summed E-state index contributed by atoms with van der Waals surface area (Å²) in [4.78, 5) is 38.3. The summed E-state index contributed by atoms with van der Waals surface area (Å²) in [6.07, 6.45) is 3.46. The van der Waals surface area contributed by atoms with Crippen LogP contribution in [0.3, 0.4) is 0 Å². The first-order valence-electron chi connectivity index (χ1n) is 10.8. The van der Waals surface area contributed by atoms with E-state index in [1.807, 2.05) is 0 Å². The molecule has 1 unspecified atom stereocenters. The van der Waals surface area contributed by atoms with Gasteiger partial charge in [0.2, 0.25) is 0 Å². The van der Waals surface area contributed by atoms with Gasteiger partial charge in [-0.15, -0.1) is 0 Å². The first-order chi connectivity index (χ1) is 16.2. The number of nitro benzene ring substituents is 1. The average Bonchev–Trinajstić information content (AvgIpc) is 3.31. The topological polar surface area (TPSA) is 117 Å². The Balaban J connectivity index is 1.74. The first-order valence-corrected chi connectivity index (χ1v) is 11.5. The number of hydrogen-bond donors (Lipinski definition) is 2. The minimum absolute atomic E-state index is 0.0668. The van der Waals surface area contributed by atoms with Crippen LogP contribution < -0.4 is 15.6 Å². The molecule has 0 aliphatic carbocycles. The molecule has 2 aromatic rings. The second-order valence-corrected chi connectivity index (χ2v) is 9.09. The predicted octanol–water partition coefficient (Wildman–Crippen LogP) is 4.41. The quantitative estimate of drug-likeness (QED) is 0.313. The van der Waals surface area contributed by atoms with Crippen LogP contribution in [-0.2, 0) is 4.79 Å². The second kappa shape index (κ2) is 11.3. The van der Waals surface area contributed by atoms with E-state index in [0.717, 1.165) is 31.6 Å². The number of nitro groups is 1. The molecule has 1 aliphatic rings. The van der Waals surface area contributed by atoms with Gasteiger partial charge in [-0.3, -0.25) is 19.7 Å². The molecular formula is C23H25Cl2N5O4. The van der Waals surface area contributed by atoms with Gasteiger partial charge in [-0.2, -0.15) is 5.10 Å². The van der Waals surface area contributed by atoms with Gasteiger partial charge >= 0.3 is 0 Å². The molecule has 0 bridgehead atoms. The van der Waals surface area contributed by atoms with Crippen LogP contribution in [0, 0.1) is 16.0 Å². The summed E-state index contributed by atoms with van der Waals surface area (Å²) in [5, 5.41) is 18.5. The zero-order valence-corrected chi connectivity index (χ0v) is 20.3. The maximum absolute atomic E-state index is 12.8. The summed E-state index contributed by atoms with van der Waals surface area (Å²) < 4.78 is 0. The Labute approximate surface area is 207 Å². The number of halogens is 2. The van der Waals surface area contributed by atoms with Crippen molar-refractivity contribution in [1.82, 2.24) is 10.7 Å². The monoisotopic (exact) mass is 505 g/mol. The van der Waals surface area contributed by atoms with Gasteiger partial charge in [0.15, 0.2) is 0 Å². The maximum atomic E-state index is 12.8. The molecule has 3 rings (SSSR count). The van der Waals surface area contributed by atoms with Crippen molar-refractivity contribution >= 4 is 52.6 Å². The van der Waals surface area contributed by atoms with Gasteiger partial charge in [-0.25, -0.2) is 5.43 Å². The molecule has 2 aromatic carbocycles. The van der Waals surface area contributed by atoms with Crippen molar-refractivity contribution in [1.29, 1.82) is 0 Å². The summed E-state index contributed by atoms with van der Waals surface area (Å²) in [7, 11) is 0. The van der Waals surface area contributed by atoms with Gasteiger partial charge in [0, 0.05) is 41.5 Å². The number of non-ortho nitro benzene ring substituents is 1. The van der Waals surface area contributed by atoms with E-state index in [0.29, 0.717) is 10.6 Å². The Morgan fingerprint density at radius 1 is 1.15 bits per heavy atom. The molecule has 0 spiro atoms. The van der Waals surface area contributed by atoms with Gasteiger partial charge in [-0.05, 0) is 43.0 Å². The van der Waals surface area contributed by atoms with E-state index >= 15 is 0 Å². The minimum Gasteiger partial charge on any atom is -0.371 e. The number of hydrazone groups is 1. The van der Waals surface area contributed by atoms with Crippen LogP contribution in [0.1, 0.15) is 42.6 Å². The predicted molar refractivity (Wildman–Crippen MR) is 133 cm³/mol. The first kappa shape index (κ1) is 25.5. The number of anilines is 1. The second-order valence-electron chi connectivity index (χ2n) is 8.25. The van der Waals surface area contributed by atoms with E-state index in [-0.39, 0.29) is 22.2 Å². The fourth-order valence-electron chi connectivity index (χ4n) is 3.67. The number of carbonyl (C=O) groups excluding carboxylic acids is 2. The Kier molecular flexibility index (Phi) is 8.46. The molecule has 0 aromatic heterocycles. The van der Waals surface area contributed by atoms with E-state index in [2.05, 4.69) is 20.7 Å². The molecule has 1 heterocycles. The molecule has 180 valence electrons. The largest absolute Gasteiger partial charge is 0.371 e. The van der Waals surface area contributed by atoms with Gasteiger partial charge in [0.25, 0.3) is 17.5 Å². The van der Waals surface area contributed by atoms with Gasteiger partial charge in [-0.1, -0.05) is 37.0 Å². The molecule has 2 N–H and O–H groups in total. The number of carbonyl (C=O) groups is 2. The van der Waals surface area contributed by atoms with Crippen LogP contribution >= 0.6 is 23.2 Å². The molecular weight excluding hydrogens is 481 g/mol. The van der Waals surface area contributed by atoms with Crippen LogP contribution in [0.2, 0.25) is 10.0 Å². The Morgan fingerprint density at radius 3 is 2.47 bits per heavy atom. The third kappa shape index (κ3) is 6.24. The Hall–Kier alpha value is -3.17. The number of nitrogens with one attached hydrogen (secondary N) is 2. The van der Waals surface area contributed by atoms with Crippen molar-refractivity contribution in [3.05, 3.63) is 67.7 Å². The van der Waals surface area contributed by atoms with Gasteiger partial charge in [0.1, 0.15) is 6.04 Å². The van der Waals surface area contributed by atoms with Crippen molar-refractivity contribution in [2.45, 2.75) is 32.7 Å². The highest BCUT2D eigenvalue weighted by molar-refractivity contribution is 6.36. The molecule has 34 heavy (non-hydrogen) atoms. The molecule has 2 amide bonds. The fourth-order valence-corrected chi connectivity index (χ4v) is 4.16. The van der Waals surface area contributed by atoms with Crippen LogP contribution in [0.25, 0.3) is 0 Å². The smallest absolute Gasteiger partial charge is 0.270 e. The van der Waals surface area contributed by atoms with Crippen molar-refractivity contribution < 1.29 is 14.5 Å². The van der Waals surface area contributed by atoms with Crippen molar-refractivity contribution in [2.75, 3.05) is 18.0 Å². The zero-order valence-electron chi connectivity index (χ0n) is 18.8. The SMILES string of the molecule is CC(C)C(NC(=O)c1ccc(Cl)cc1Cl)C(=O)NN=Cc1cc([N+](=O)[O-])ccc1N1CCCC1. The van der Waals surface area contributed by atoms with Crippen molar-refractivity contribution in [3.63, 3.8) is 0 Å². The van der Waals surface area contributed by atoms with Gasteiger partial charge < -0.3 is 10.2 Å². The maximum Gasteiger partial charge on any atom is 0.270 e. The molecule has 9 nitrogen and oxygen atoms in total. The summed E-state index contributed by atoms with van der Waals surface area (Å²) >= 11 is 12.0. The van der Waals surface area contributed by atoms with E-state index in [1.165, 1.54) is 36.5 Å². The summed E-state index contributed by atoms with van der Waals surface area (Å²) in [5.74, 6) is -1.30. The Morgan fingerprint density at radius 2 is 1.85 bits per heavy atom. The molecule has 1 aliphatic heterocycles. The lowest BCUT2D eigenvalue weighted by atomic mass is 10.0. The van der Waals surface area contributed by atoms with E-state index in [9.17, 15) is 19.7 Å². The summed E-state index contributed by atoms with van der Waals surface area (Å²) in [5.41, 5.74) is 3.90. The number of nitrogens with zero attached hydrogens (tertiary/aromatic N) is 3. The van der Waals surface area contributed by atoms with E-state index in [4.69, 9.17) is 23.2 Å². The third-order valence-electron chi connectivity index (χ3n) is 5.46. The normalized spacial score (nSPS) is 14.4. The molecule has 1 fully saturated rings.